The van der Waals surface area contributed by atoms with E-state index in [1.54, 1.807) is 23.0 Å². The Bertz CT molecular complexity index is 709. The van der Waals surface area contributed by atoms with Crippen molar-refractivity contribution in [3.8, 4) is 5.69 Å². The molecule has 0 aliphatic carbocycles. The Labute approximate surface area is 129 Å². The molecule has 118 valence electrons. The Morgan fingerprint density at radius 3 is 2.55 bits per heavy atom. The molecule has 0 spiro atoms. The highest BCUT2D eigenvalue weighted by molar-refractivity contribution is 7.88. The maximum atomic E-state index is 11.9. The lowest BCUT2D eigenvalue weighted by molar-refractivity contribution is 0.0953. The molecular weight excluding hydrogens is 304 g/mol. The zero-order chi connectivity index (χ0) is 16.0. The fourth-order valence-corrected chi connectivity index (χ4v) is 2.35. The smallest absolute Gasteiger partial charge is 0.251 e. The number of benzene rings is 1. The number of hydrogen-bond donors (Lipinski definition) is 2. The van der Waals surface area contributed by atoms with Gasteiger partial charge in [0, 0.05) is 31.0 Å². The van der Waals surface area contributed by atoms with Gasteiger partial charge in [-0.05, 0) is 36.8 Å². The highest BCUT2D eigenvalue weighted by Crippen LogP contribution is 2.08. The Morgan fingerprint density at radius 2 is 1.95 bits per heavy atom. The third-order valence-corrected chi connectivity index (χ3v) is 3.63. The molecule has 2 rings (SSSR count). The summed E-state index contributed by atoms with van der Waals surface area (Å²) in [5, 5.41) is 6.85. The molecule has 2 aromatic rings. The van der Waals surface area contributed by atoms with Crippen molar-refractivity contribution in [1.29, 1.82) is 0 Å². The topological polar surface area (TPSA) is 93.1 Å². The average Bonchev–Trinajstić information content (AvgIpc) is 3.00. The second-order valence-electron chi connectivity index (χ2n) is 4.77. The molecule has 0 saturated carbocycles. The fourth-order valence-electron chi connectivity index (χ4n) is 1.84. The predicted molar refractivity (Wildman–Crippen MR) is 83.4 cm³/mol. The first kappa shape index (κ1) is 16.2. The highest BCUT2D eigenvalue weighted by atomic mass is 32.2. The molecule has 0 radical (unpaired) electrons. The van der Waals surface area contributed by atoms with Crippen LogP contribution in [0.2, 0.25) is 0 Å². The summed E-state index contributed by atoms with van der Waals surface area (Å²) in [6.45, 7) is 0.708. The van der Waals surface area contributed by atoms with Crippen LogP contribution in [-0.2, 0) is 10.0 Å². The molecule has 0 fully saturated rings. The van der Waals surface area contributed by atoms with Gasteiger partial charge < -0.3 is 5.32 Å². The van der Waals surface area contributed by atoms with Gasteiger partial charge in [0.15, 0.2) is 0 Å². The van der Waals surface area contributed by atoms with E-state index < -0.39 is 10.0 Å². The summed E-state index contributed by atoms with van der Waals surface area (Å²) >= 11 is 0. The third-order valence-electron chi connectivity index (χ3n) is 2.90. The Kier molecular flexibility index (Phi) is 5.29. The van der Waals surface area contributed by atoms with Gasteiger partial charge in [-0.2, -0.15) is 5.10 Å². The first-order chi connectivity index (χ1) is 10.5. The van der Waals surface area contributed by atoms with E-state index in [9.17, 15) is 13.2 Å². The molecule has 0 aliphatic heterocycles. The number of sulfonamides is 1. The first-order valence-corrected chi connectivity index (χ1v) is 8.68. The van der Waals surface area contributed by atoms with E-state index in [2.05, 4.69) is 15.1 Å². The van der Waals surface area contributed by atoms with Gasteiger partial charge in [0.25, 0.3) is 5.91 Å². The molecule has 1 heterocycles. The van der Waals surface area contributed by atoms with E-state index in [4.69, 9.17) is 0 Å². The van der Waals surface area contributed by atoms with Crippen LogP contribution in [0.25, 0.3) is 5.69 Å². The van der Waals surface area contributed by atoms with E-state index in [1.165, 1.54) is 0 Å². The minimum atomic E-state index is -3.17. The second kappa shape index (κ2) is 7.19. The van der Waals surface area contributed by atoms with E-state index >= 15 is 0 Å². The standard InChI is InChI=1S/C14H18N4O3S/c1-22(20,21)17-10-2-8-15-14(19)12-4-6-13(7-5-12)18-11-3-9-16-18/h3-7,9,11,17H,2,8,10H2,1H3,(H,15,19). The van der Waals surface area contributed by atoms with Gasteiger partial charge in [-0.25, -0.2) is 17.8 Å². The largest absolute Gasteiger partial charge is 0.352 e. The minimum Gasteiger partial charge on any atom is -0.352 e. The summed E-state index contributed by atoms with van der Waals surface area (Å²) in [7, 11) is -3.17. The molecule has 0 saturated heterocycles. The number of nitrogens with one attached hydrogen (secondary N) is 2. The van der Waals surface area contributed by atoms with Crippen LogP contribution in [-0.4, -0.2) is 43.5 Å². The van der Waals surface area contributed by atoms with Gasteiger partial charge in [-0.3, -0.25) is 4.79 Å². The predicted octanol–water partition coefficient (Wildman–Crippen LogP) is 0.541. The van der Waals surface area contributed by atoms with E-state index in [-0.39, 0.29) is 5.91 Å². The Balaban J connectivity index is 1.80. The highest BCUT2D eigenvalue weighted by Gasteiger charge is 2.05. The fraction of sp³-hybridized carbons (Fsp3) is 0.286. The van der Waals surface area contributed by atoms with Crippen molar-refractivity contribution in [2.24, 2.45) is 0 Å². The number of carbonyl (C=O) groups is 1. The lowest BCUT2D eigenvalue weighted by Gasteiger charge is -2.07. The number of amides is 1. The van der Waals surface area contributed by atoms with E-state index in [1.807, 2.05) is 24.4 Å². The first-order valence-electron chi connectivity index (χ1n) is 6.78. The van der Waals surface area contributed by atoms with Crippen molar-refractivity contribution in [3.05, 3.63) is 48.3 Å². The Morgan fingerprint density at radius 1 is 1.23 bits per heavy atom. The van der Waals surface area contributed by atoms with Gasteiger partial charge in [-0.15, -0.1) is 0 Å². The Hall–Kier alpha value is -2.19. The van der Waals surface area contributed by atoms with Crippen LogP contribution >= 0.6 is 0 Å². The second-order valence-corrected chi connectivity index (χ2v) is 6.61. The van der Waals surface area contributed by atoms with Crippen LogP contribution in [0.4, 0.5) is 0 Å². The SMILES string of the molecule is CS(=O)(=O)NCCCNC(=O)c1ccc(-n2cccn2)cc1. The molecular formula is C14H18N4O3S. The molecule has 2 N–H and O–H groups in total. The molecule has 1 amide bonds. The van der Waals surface area contributed by atoms with Crippen LogP contribution < -0.4 is 10.0 Å². The van der Waals surface area contributed by atoms with Gasteiger partial charge in [0.1, 0.15) is 0 Å². The number of nitrogens with zero attached hydrogens (tertiary/aromatic N) is 2. The number of rotatable bonds is 7. The number of carbonyl (C=O) groups excluding carboxylic acids is 1. The summed E-state index contributed by atoms with van der Waals surface area (Å²) in [5.74, 6) is -0.189. The van der Waals surface area contributed by atoms with Crippen LogP contribution in [0, 0.1) is 0 Å². The van der Waals surface area contributed by atoms with Crippen molar-refractivity contribution >= 4 is 15.9 Å². The zero-order valence-electron chi connectivity index (χ0n) is 12.2. The van der Waals surface area contributed by atoms with Crippen molar-refractivity contribution in [1.82, 2.24) is 19.8 Å². The molecule has 22 heavy (non-hydrogen) atoms. The van der Waals surface area contributed by atoms with Crippen molar-refractivity contribution in [3.63, 3.8) is 0 Å². The zero-order valence-corrected chi connectivity index (χ0v) is 13.0. The number of hydrogen-bond acceptors (Lipinski definition) is 4. The summed E-state index contributed by atoms with van der Waals surface area (Å²) in [4.78, 5) is 11.9. The van der Waals surface area contributed by atoms with Gasteiger partial charge in [0.2, 0.25) is 10.0 Å². The maximum Gasteiger partial charge on any atom is 0.251 e. The molecule has 0 aliphatic rings. The van der Waals surface area contributed by atoms with Crippen molar-refractivity contribution in [2.45, 2.75) is 6.42 Å². The molecule has 8 heteroatoms. The molecule has 1 aromatic carbocycles. The maximum absolute atomic E-state index is 11.9. The lowest BCUT2D eigenvalue weighted by atomic mass is 10.2. The molecule has 0 bridgehead atoms. The monoisotopic (exact) mass is 322 g/mol. The van der Waals surface area contributed by atoms with Crippen LogP contribution in [0.15, 0.2) is 42.7 Å². The van der Waals surface area contributed by atoms with Crippen LogP contribution in [0.3, 0.4) is 0 Å². The van der Waals surface area contributed by atoms with E-state index in [0.717, 1.165) is 11.9 Å². The van der Waals surface area contributed by atoms with E-state index in [0.29, 0.717) is 25.1 Å². The molecule has 0 atom stereocenters. The molecule has 0 unspecified atom stereocenters. The van der Waals surface area contributed by atoms with Gasteiger partial charge in [0.05, 0.1) is 11.9 Å². The van der Waals surface area contributed by atoms with Crippen LogP contribution in [0.5, 0.6) is 0 Å². The van der Waals surface area contributed by atoms with Crippen LogP contribution in [0.1, 0.15) is 16.8 Å². The third kappa shape index (κ3) is 4.97. The quantitative estimate of drug-likeness (QED) is 0.728. The summed E-state index contributed by atoms with van der Waals surface area (Å²) in [5.41, 5.74) is 1.42. The number of aromatic nitrogens is 2. The minimum absolute atomic E-state index is 0.189. The van der Waals surface area contributed by atoms with Crippen molar-refractivity contribution < 1.29 is 13.2 Å². The molecule has 7 nitrogen and oxygen atoms in total. The van der Waals surface area contributed by atoms with Crippen molar-refractivity contribution in [2.75, 3.05) is 19.3 Å². The summed E-state index contributed by atoms with van der Waals surface area (Å²) in [6.07, 6.45) is 5.14. The normalized spacial score (nSPS) is 11.3. The lowest BCUT2D eigenvalue weighted by Crippen LogP contribution is -2.29. The van der Waals surface area contributed by atoms with Gasteiger partial charge >= 0.3 is 0 Å². The summed E-state index contributed by atoms with van der Waals surface area (Å²) in [6, 6.07) is 8.90. The summed E-state index contributed by atoms with van der Waals surface area (Å²) < 4.78 is 25.8. The van der Waals surface area contributed by atoms with Gasteiger partial charge in [-0.1, -0.05) is 0 Å². The molecule has 1 aromatic heterocycles. The average molecular weight is 322 g/mol.